The first-order chi connectivity index (χ1) is 11.1. The van der Waals surface area contributed by atoms with E-state index in [0.717, 1.165) is 24.3 Å². The molecule has 2 aliphatic rings. The van der Waals surface area contributed by atoms with Crippen molar-refractivity contribution in [3.05, 3.63) is 29.8 Å². The number of hydrogen-bond acceptors (Lipinski definition) is 3. The number of nitrogens with zero attached hydrogens (tertiary/aromatic N) is 1. The second-order valence-corrected chi connectivity index (χ2v) is 6.19. The van der Waals surface area contributed by atoms with Crippen molar-refractivity contribution in [2.45, 2.75) is 37.5 Å². The van der Waals surface area contributed by atoms with Gasteiger partial charge in [-0.2, -0.15) is 0 Å². The molecule has 1 fully saturated rings. The van der Waals surface area contributed by atoms with Crippen LogP contribution in [0.15, 0.2) is 24.3 Å². The molecule has 5 nitrogen and oxygen atoms in total. The summed E-state index contributed by atoms with van der Waals surface area (Å²) in [5.41, 5.74) is 1.15. The highest BCUT2D eigenvalue weighted by Crippen LogP contribution is 2.35. The number of fused-ring (bicyclic) bond motifs is 1. The van der Waals surface area contributed by atoms with Crippen LogP contribution < -0.4 is 10.1 Å². The van der Waals surface area contributed by atoms with Gasteiger partial charge >= 0.3 is 0 Å². The lowest BCUT2D eigenvalue weighted by atomic mass is 9.84. The van der Waals surface area contributed by atoms with Crippen LogP contribution in [0, 0.1) is 0 Å². The van der Waals surface area contributed by atoms with Gasteiger partial charge in [0, 0.05) is 37.4 Å². The van der Waals surface area contributed by atoms with Crippen LogP contribution >= 0.6 is 0 Å². The molecule has 0 bridgehead atoms. The first-order valence-electron chi connectivity index (χ1n) is 8.18. The summed E-state index contributed by atoms with van der Waals surface area (Å²) in [6, 6.07) is 7.92. The number of amides is 2. The van der Waals surface area contributed by atoms with Crippen LogP contribution in [0.5, 0.6) is 5.75 Å². The summed E-state index contributed by atoms with van der Waals surface area (Å²) in [5.74, 6) is 0.743. The Morgan fingerprint density at radius 2 is 2.26 bits per heavy atom. The van der Waals surface area contributed by atoms with Gasteiger partial charge in [-0.3, -0.25) is 9.59 Å². The first-order valence-corrected chi connectivity index (χ1v) is 8.18. The van der Waals surface area contributed by atoms with Gasteiger partial charge in [-0.15, -0.1) is 0 Å². The van der Waals surface area contributed by atoms with Gasteiger partial charge < -0.3 is 15.0 Å². The van der Waals surface area contributed by atoms with Crippen LogP contribution in [0.4, 0.5) is 0 Å². The number of para-hydroxylation sites is 1. The molecule has 1 aromatic carbocycles. The molecule has 0 aromatic heterocycles. The number of likely N-dealkylation sites (tertiary alicyclic amines) is 1. The van der Waals surface area contributed by atoms with Gasteiger partial charge in [0.25, 0.3) is 0 Å². The molecule has 23 heavy (non-hydrogen) atoms. The molecule has 120 valence electrons. The Kier molecular flexibility index (Phi) is 4.89. The third kappa shape index (κ3) is 3.87. The van der Waals surface area contributed by atoms with E-state index in [9.17, 15) is 9.59 Å². The minimum absolute atomic E-state index is 0.107. The highest BCUT2D eigenvalue weighted by Gasteiger charge is 2.26. The fourth-order valence-electron chi connectivity index (χ4n) is 3.25. The van der Waals surface area contributed by atoms with Gasteiger partial charge in [0.1, 0.15) is 5.75 Å². The zero-order chi connectivity index (χ0) is 16.2. The molecule has 2 aliphatic heterocycles. The van der Waals surface area contributed by atoms with Crippen molar-refractivity contribution in [3.63, 3.8) is 0 Å². The zero-order valence-corrected chi connectivity index (χ0v) is 13.2. The SMILES string of the molecule is [B][C@H](C[C@@H]1COc2ccccc21)NC(=O)CCN1CCCC1=O. The van der Waals surface area contributed by atoms with Crippen molar-refractivity contribution in [1.82, 2.24) is 10.2 Å². The minimum atomic E-state index is -0.406. The average Bonchev–Trinajstić information content (AvgIpc) is 3.12. The second-order valence-electron chi connectivity index (χ2n) is 6.19. The predicted octanol–water partition coefficient (Wildman–Crippen LogP) is 1.18. The van der Waals surface area contributed by atoms with Crippen molar-refractivity contribution in [3.8, 4) is 5.75 Å². The van der Waals surface area contributed by atoms with E-state index < -0.39 is 5.94 Å². The summed E-state index contributed by atoms with van der Waals surface area (Å²) in [6.07, 6.45) is 2.44. The molecule has 2 radical (unpaired) electrons. The minimum Gasteiger partial charge on any atom is -0.493 e. The maximum Gasteiger partial charge on any atom is 0.222 e. The van der Waals surface area contributed by atoms with E-state index in [1.54, 1.807) is 4.90 Å². The largest absolute Gasteiger partial charge is 0.493 e. The van der Waals surface area contributed by atoms with Crippen molar-refractivity contribution in [2.75, 3.05) is 19.7 Å². The monoisotopic (exact) mass is 312 g/mol. The molecule has 1 N–H and O–H groups in total. The van der Waals surface area contributed by atoms with Crippen LogP contribution in [0.2, 0.25) is 0 Å². The van der Waals surface area contributed by atoms with Crippen molar-refractivity contribution in [1.29, 1.82) is 0 Å². The molecule has 0 aliphatic carbocycles. The van der Waals surface area contributed by atoms with Crippen LogP contribution in [-0.2, 0) is 9.59 Å². The topological polar surface area (TPSA) is 58.6 Å². The fourth-order valence-corrected chi connectivity index (χ4v) is 3.25. The van der Waals surface area contributed by atoms with E-state index in [0.29, 0.717) is 32.4 Å². The maximum atomic E-state index is 12.0. The van der Waals surface area contributed by atoms with Crippen molar-refractivity contribution in [2.24, 2.45) is 0 Å². The lowest BCUT2D eigenvalue weighted by Crippen LogP contribution is -2.38. The van der Waals surface area contributed by atoms with Gasteiger partial charge in [-0.05, 0) is 24.8 Å². The smallest absolute Gasteiger partial charge is 0.222 e. The Bertz CT molecular complexity index is 593. The molecule has 1 saturated heterocycles. The Balaban J connectivity index is 1.43. The summed E-state index contributed by atoms with van der Waals surface area (Å²) in [5, 5.41) is 2.82. The molecule has 0 spiro atoms. The van der Waals surface area contributed by atoms with Crippen LogP contribution in [-0.4, -0.2) is 50.2 Å². The van der Waals surface area contributed by atoms with Crippen molar-refractivity contribution >= 4 is 19.7 Å². The van der Waals surface area contributed by atoms with E-state index in [1.807, 2.05) is 24.3 Å². The zero-order valence-electron chi connectivity index (χ0n) is 13.2. The van der Waals surface area contributed by atoms with E-state index in [4.69, 9.17) is 12.6 Å². The molecule has 6 heteroatoms. The van der Waals surface area contributed by atoms with E-state index >= 15 is 0 Å². The van der Waals surface area contributed by atoms with Crippen molar-refractivity contribution < 1.29 is 14.3 Å². The second kappa shape index (κ2) is 7.07. The maximum absolute atomic E-state index is 12.0. The molecule has 2 amide bonds. The highest BCUT2D eigenvalue weighted by atomic mass is 16.5. The molecule has 2 atom stereocenters. The summed E-state index contributed by atoms with van der Waals surface area (Å²) in [6.45, 7) is 1.84. The number of benzene rings is 1. The lowest BCUT2D eigenvalue weighted by molar-refractivity contribution is -0.128. The fraction of sp³-hybridized carbons (Fsp3) is 0.529. The molecule has 2 heterocycles. The molecule has 1 aromatic rings. The summed E-state index contributed by atoms with van der Waals surface area (Å²) in [4.78, 5) is 25.2. The normalized spacial score (nSPS) is 21.0. The van der Waals surface area contributed by atoms with E-state index in [2.05, 4.69) is 5.32 Å². The number of rotatable bonds is 6. The van der Waals surface area contributed by atoms with Gasteiger partial charge in [-0.25, -0.2) is 0 Å². The molecular formula is C17H21BN2O3. The van der Waals surface area contributed by atoms with Crippen LogP contribution in [0.25, 0.3) is 0 Å². The first kappa shape index (κ1) is 15.9. The Morgan fingerprint density at radius 1 is 1.43 bits per heavy atom. The summed E-state index contributed by atoms with van der Waals surface area (Å²) < 4.78 is 5.63. The number of ether oxygens (including phenoxy) is 1. The average molecular weight is 312 g/mol. The van der Waals surface area contributed by atoms with Gasteiger partial charge in [-0.1, -0.05) is 18.2 Å². The molecule has 3 rings (SSSR count). The van der Waals surface area contributed by atoms with E-state index in [-0.39, 0.29) is 17.7 Å². The number of nitrogens with one attached hydrogen (secondary N) is 1. The van der Waals surface area contributed by atoms with Gasteiger partial charge in [0.05, 0.1) is 14.5 Å². The van der Waals surface area contributed by atoms with Crippen LogP contribution in [0.1, 0.15) is 37.2 Å². The number of hydrogen-bond donors (Lipinski definition) is 1. The lowest BCUT2D eigenvalue weighted by Gasteiger charge is -2.19. The predicted molar refractivity (Wildman–Crippen MR) is 87.4 cm³/mol. The summed E-state index contributed by atoms with van der Waals surface area (Å²) in [7, 11) is 6.05. The number of carbonyl (C=O) groups excluding carboxylic acids is 2. The van der Waals surface area contributed by atoms with Gasteiger partial charge in [0.15, 0.2) is 0 Å². The molecule has 0 saturated carbocycles. The standard InChI is InChI=1S/C17H21BN2O3/c18-15(10-12-11-23-14-5-2-1-4-13(12)14)19-16(21)7-9-20-8-3-6-17(20)22/h1-2,4-5,12,15H,3,6-11H2,(H,19,21)/t12-,15+/m1/s1. The van der Waals surface area contributed by atoms with Gasteiger partial charge in [0.2, 0.25) is 11.8 Å². The Morgan fingerprint density at radius 3 is 3.04 bits per heavy atom. The third-order valence-electron chi connectivity index (χ3n) is 4.46. The molecule has 0 unspecified atom stereocenters. The number of carbonyl (C=O) groups is 2. The molecular weight excluding hydrogens is 291 g/mol. The third-order valence-corrected chi connectivity index (χ3v) is 4.46. The highest BCUT2D eigenvalue weighted by molar-refractivity contribution is 6.13. The van der Waals surface area contributed by atoms with Crippen LogP contribution in [0.3, 0.4) is 0 Å². The Labute approximate surface area is 137 Å². The quantitative estimate of drug-likeness (QED) is 0.803. The summed E-state index contributed by atoms with van der Waals surface area (Å²) >= 11 is 0. The Hall–Kier alpha value is -1.98. The van der Waals surface area contributed by atoms with E-state index in [1.165, 1.54) is 0 Å².